The Morgan fingerprint density at radius 3 is 1.74 bits per heavy atom. The highest BCUT2D eigenvalue weighted by Crippen LogP contribution is 1.97. The molecule has 2 heterocycles. The predicted octanol–water partition coefficient (Wildman–Crippen LogP) is 1.57. The molecular weight excluding hydrogens is 252 g/mol. The van der Waals surface area contributed by atoms with Gasteiger partial charge in [0, 0.05) is 24.8 Å². The van der Waals surface area contributed by atoms with Crippen LogP contribution in [0.25, 0.3) is 0 Å². The summed E-state index contributed by atoms with van der Waals surface area (Å²) in [6.07, 6.45) is 7.33. The summed E-state index contributed by atoms with van der Waals surface area (Å²) in [5.74, 6) is 6.32. The summed E-state index contributed by atoms with van der Waals surface area (Å²) < 4.78 is 3.63. The normalized spacial score (nSPS) is 10.2. The Balaban J connectivity index is 1.91. The smallest absolute Gasteiger partial charge is 0.210 e. The molecule has 0 aliphatic rings. The summed E-state index contributed by atoms with van der Waals surface area (Å²) in [6.45, 7) is 5.56. The van der Waals surface area contributed by atoms with Crippen LogP contribution in [0.2, 0.25) is 13.1 Å². The van der Waals surface area contributed by atoms with Gasteiger partial charge in [0.1, 0.15) is 13.1 Å². The second-order valence-electron chi connectivity index (χ2n) is 4.64. The van der Waals surface area contributed by atoms with Crippen molar-refractivity contribution in [1.29, 1.82) is 0 Å². The third-order valence-electron chi connectivity index (χ3n) is 2.40. The second-order valence-corrected chi connectivity index (χ2v) is 8.39. The first kappa shape index (κ1) is 13.2. The maximum absolute atomic E-state index is 4.11. The van der Waals surface area contributed by atoms with Crippen molar-refractivity contribution >= 4 is 8.07 Å². The minimum absolute atomic E-state index is 0.629. The standard InChI is InChI=1S/C14H16N4Si/c1-19(2,13-5-11-17-9-3-7-15-17)14-6-12-18-10-4-8-16-18/h3-4,7-10H,11-12H2,1-2H3. The van der Waals surface area contributed by atoms with E-state index in [1.165, 1.54) is 0 Å². The lowest BCUT2D eigenvalue weighted by atomic mass is 10.6. The molecule has 19 heavy (non-hydrogen) atoms. The van der Waals surface area contributed by atoms with Gasteiger partial charge in [-0.2, -0.15) is 10.2 Å². The Morgan fingerprint density at radius 1 is 0.895 bits per heavy atom. The fourth-order valence-corrected chi connectivity index (χ4v) is 2.61. The molecular formula is C14H16N4Si. The Labute approximate surface area is 114 Å². The lowest BCUT2D eigenvalue weighted by Gasteiger charge is -2.03. The molecule has 0 unspecified atom stereocenters. The number of rotatable bonds is 2. The Hall–Kier alpha value is -2.24. The zero-order chi connectivity index (χ0) is 13.6. The summed E-state index contributed by atoms with van der Waals surface area (Å²) in [5, 5.41) is 8.23. The molecule has 4 nitrogen and oxygen atoms in total. The summed E-state index contributed by atoms with van der Waals surface area (Å²) in [5.41, 5.74) is 6.60. The van der Waals surface area contributed by atoms with Gasteiger partial charge in [0.25, 0.3) is 0 Å². The van der Waals surface area contributed by atoms with Crippen LogP contribution in [0.4, 0.5) is 0 Å². The van der Waals surface area contributed by atoms with Gasteiger partial charge in [-0.3, -0.25) is 9.36 Å². The maximum Gasteiger partial charge on any atom is 0.210 e. The quantitative estimate of drug-likeness (QED) is 0.612. The van der Waals surface area contributed by atoms with Gasteiger partial charge in [0.15, 0.2) is 0 Å². The van der Waals surface area contributed by atoms with Crippen LogP contribution < -0.4 is 0 Å². The molecule has 96 valence electrons. The zero-order valence-corrected chi connectivity index (χ0v) is 12.2. The van der Waals surface area contributed by atoms with E-state index in [-0.39, 0.29) is 0 Å². The largest absolute Gasteiger partial charge is 0.261 e. The van der Waals surface area contributed by atoms with E-state index in [1.54, 1.807) is 12.4 Å². The molecule has 0 radical (unpaired) electrons. The molecule has 2 rings (SSSR count). The second kappa shape index (κ2) is 6.08. The molecule has 2 aromatic heterocycles. The first-order valence-electron chi connectivity index (χ1n) is 6.11. The summed E-state index contributed by atoms with van der Waals surface area (Å²) >= 11 is 0. The van der Waals surface area contributed by atoms with Gasteiger partial charge < -0.3 is 0 Å². The van der Waals surface area contributed by atoms with Crippen molar-refractivity contribution in [2.75, 3.05) is 0 Å². The lowest BCUT2D eigenvalue weighted by Crippen LogP contribution is -2.21. The van der Waals surface area contributed by atoms with E-state index in [4.69, 9.17) is 0 Å². The summed E-state index contributed by atoms with van der Waals surface area (Å²) in [4.78, 5) is 0. The van der Waals surface area contributed by atoms with Crippen LogP contribution in [-0.4, -0.2) is 27.6 Å². The molecule has 0 aliphatic carbocycles. The van der Waals surface area contributed by atoms with Gasteiger partial charge in [0.05, 0.1) is 0 Å². The van der Waals surface area contributed by atoms with Crippen LogP contribution in [0, 0.1) is 22.9 Å². The number of aromatic nitrogens is 4. The monoisotopic (exact) mass is 268 g/mol. The molecule has 0 saturated heterocycles. The van der Waals surface area contributed by atoms with Crippen molar-refractivity contribution in [2.45, 2.75) is 26.2 Å². The van der Waals surface area contributed by atoms with Crippen LogP contribution in [0.3, 0.4) is 0 Å². The molecule has 0 fully saturated rings. The van der Waals surface area contributed by atoms with E-state index < -0.39 is 8.07 Å². The van der Waals surface area contributed by atoms with Gasteiger partial charge in [-0.1, -0.05) is 11.8 Å². The van der Waals surface area contributed by atoms with E-state index in [9.17, 15) is 0 Å². The minimum atomic E-state index is -1.77. The van der Waals surface area contributed by atoms with Crippen molar-refractivity contribution in [3.63, 3.8) is 0 Å². The number of hydrogen-bond acceptors (Lipinski definition) is 2. The van der Waals surface area contributed by atoms with Crippen LogP contribution in [-0.2, 0) is 13.1 Å². The SMILES string of the molecule is C[Si](C)(C#CCn1cccn1)C#CCn1cccn1. The Morgan fingerprint density at radius 2 is 1.37 bits per heavy atom. The zero-order valence-electron chi connectivity index (χ0n) is 11.2. The number of nitrogens with zero attached hydrogens (tertiary/aromatic N) is 4. The third-order valence-corrected chi connectivity index (χ3v) is 4.01. The van der Waals surface area contributed by atoms with Crippen LogP contribution in [0.5, 0.6) is 0 Å². The van der Waals surface area contributed by atoms with Crippen molar-refractivity contribution in [3.8, 4) is 22.9 Å². The fraction of sp³-hybridized carbons (Fsp3) is 0.286. The summed E-state index contributed by atoms with van der Waals surface area (Å²) in [6, 6.07) is 3.79. The van der Waals surface area contributed by atoms with Gasteiger partial charge in [-0.05, 0) is 25.2 Å². The van der Waals surface area contributed by atoms with Crippen LogP contribution in [0.1, 0.15) is 0 Å². The average Bonchev–Trinajstić information content (AvgIpc) is 3.01. The fourth-order valence-electron chi connectivity index (χ4n) is 1.50. The highest BCUT2D eigenvalue weighted by atomic mass is 28.3. The van der Waals surface area contributed by atoms with E-state index in [1.807, 2.05) is 33.9 Å². The Kier molecular flexibility index (Phi) is 4.22. The van der Waals surface area contributed by atoms with E-state index in [2.05, 4.69) is 46.2 Å². The van der Waals surface area contributed by atoms with Gasteiger partial charge in [0.2, 0.25) is 8.07 Å². The van der Waals surface area contributed by atoms with Crippen molar-refractivity contribution in [3.05, 3.63) is 36.9 Å². The van der Waals surface area contributed by atoms with Crippen molar-refractivity contribution in [1.82, 2.24) is 19.6 Å². The minimum Gasteiger partial charge on any atom is -0.261 e. The summed E-state index contributed by atoms with van der Waals surface area (Å²) in [7, 11) is -1.77. The third kappa shape index (κ3) is 4.49. The van der Waals surface area contributed by atoms with Crippen molar-refractivity contribution < 1.29 is 0 Å². The predicted molar refractivity (Wildman–Crippen MR) is 77.5 cm³/mol. The van der Waals surface area contributed by atoms with Crippen molar-refractivity contribution in [2.24, 2.45) is 0 Å². The molecule has 0 spiro atoms. The molecule has 0 N–H and O–H groups in total. The molecule has 0 bridgehead atoms. The number of hydrogen-bond donors (Lipinski definition) is 0. The van der Waals surface area contributed by atoms with E-state index >= 15 is 0 Å². The first-order valence-corrected chi connectivity index (χ1v) is 9.11. The Bertz CT molecular complexity index is 562. The molecule has 0 aliphatic heterocycles. The van der Waals surface area contributed by atoms with Gasteiger partial charge >= 0.3 is 0 Å². The highest BCUT2D eigenvalue weighted by molar-refractivity contribution is 6.92. The molecule has 2 aromatic rings. The van der Waals surface area contributed by atoms with Crippen LogP contribution in [0.15, 0.2) is 36.9 Å². The molecule has 0 saturated carbocycles. The highest BCUT2D eigenvalue weighted by Gasteiger charge is 2.13. The van der Waals surface area contributed by atoms with Gasteiger partial charge in [-0.15, -0.1) is 11.1 Å². The van der Waals surface area contributed by atoms with Gasteiger partial charge in [-0.25, -0.2) is 0 Å². The van der Waals surface area contributed by atoms with E-state index in [0.717, 1.165) is 0 Å². The maximum atomic E-state index is 4.11. The lowest BCUT2D eigenvalue weighted by molar-refractivity contribution is 0.715. The topological polar surface area (TPSA) is 35.6 Å². The average molecular weight is 268 g/mol. The first-order chi connectivity index (χ1) is 9.16. The molecule has 5 heteroatoms. The van der Waals surface area contributed by atoms with Crippen LogP contribution >= 0.6 is 0 Å². The molecule has 0 amide bonds. The van der Waals surface area contributed by atoms with E-state index in [0.29, 0.717) is 13.1 Å². The molecule has 0 atom stereocenters. The molecule has 0 aromatic carbocycles.